The van der Waals surface area contributed by atoms with Gasteiger partial charge in [-0.1, -0.05) is 24.3 Å². The Morgan fingerprint density at radius 2 is 2.00 bits per heavy atom. The number of aromatic hydroxyl groups is 1. The van der Waals surface area contributed by atoms with Crippen molar-refractivity contribution >= 4 is 11.7 Å². The maximum Gasteiger partial charge on any atom is 0.311 e. The standard InChI is InChI=1S/C16H15NO6/c1-23-15-5-3-2-4-11(15)12(16(19)20)8-10-6-7-14(18)13(9-10)17(21)22/h2-7,9,12,18H,8H2,1H3,(H,19,20). The third-order valence-electron chi connectivity index (χ3n) is 3.49. The van der Waals surface area contributed by atoms with Crippen molar-refractivity contribution in [2.45, 2.75) is 12.3 Å². The quantitative estimate of drug-likeness (QED) is 0.626. The third-order valence-corrected chi connectivity index (χ3v) is 3.49. The number of nitrogens with zero attached hydrogens (tertiary/aromatic N) is 1. The smallest absolute Gasteiger partial charge is 0.311 e. The molecule has 120 valence electrons. The summed E-state index contributed by atoms with van der Waals surface area (Å²) in [6, 6.07) is 10.6. The van der Waals surface area contributed by atoms with Crippen LogP contribution in [0.15, 0.2) is 42.5 Å². The van der Waals surface area contributed by atoms with E-state index in [2.05, 4.69) is 0 Å². The number of phenols is 1. The maximum absolute atomic E-state index is 11.6. The third kappa shape index (κ3) is 3.57. The van der Waals surface area contributed by atoms with E-state index in [1.807, 2.05) is 0 Å². The SMILES string of the molecule is COc1ccccc1C(Cc1ccc(O)c([N+](=O)[O-])c1)C(=O)O. The monoisotopic (exact) mass is 317 g/mol. The molecule has 7 heteroatoms. The van der Waals surface area contributed by atoms with E-state index >= 15 is 0 Å². The zero-order chi connectivity index (χ0) is 17.0. The van der Waals surface area contributed by atoms with Crippen LogP contribution in [0.3, 0.4) is 0 Å². The van der Waals surface area contributed by atoms with Gasteiger partial charge in [0.1, 0.15) is 5.75 Å². The predicted molar refractivity (Wildman–Crippen MR) is 81.8 cm³/mol. The topological polar surface area (TPSA) is 110 Å². The average molecular weight is 317 g/mol. The lowest BCUT2D eigenvalue weighted by Crippen LogP contribution is -2.15. The second-order valence-corrected chi connectivity index (χ2v) is 4.92. The minimum Gasteiger partial charge on any atom is -0.502 e. The molecule has 23 heavy (non-hydrogen) atoms. The van der Waals surface area contributed by atoms with Crippen LogP contribution in [0.25, 0.3) is 0 Å². The molecule has 2 aromatic carbocycles. The largest absolute Gasteiger partial charge is 0.502 e. The highest BCUT2D eigenvalue weighted by atomic mass is 16.6. The molecule has 0 fully saturated rings. The Kier molecular flexibility index (Phi) is 4.80. The Balaban J connectivity index is 2.39. The van der Waals surface area contributed by atoms with Gasteiger partial charge in [-0.25, -0.2) is 0 Å². The summed E-state index contributed by atoms with van der Waals surface area (Å²) in [5.41, 5.74) is 0.470. The summed E-state index contributed by atoms with van der Waals surface area (Å²) in [6.45, 7) is 0. The number of para-hydroxylation sites is 1. The number of carboxylic acid groups (broad SMARTS) is 1. The lowest BCUT2D eigenvalue weighted by Gasteiger charge is -2.16. The highest BCUT2D eigenvalue weighted by molar-refractivity contribution is 5.77. The fourth-order valence-corrected chi connectivity index (χ4v) is 2.36. The molecule has 0 radical (unpaired) electrons. The number of aliphatic carboxylic acids is 1. The molecule has 0 amide bonds. The fraction of sp³-hybridized carbons (Fsp3) is 0.188. The van der Waals surface area contributed by atoms with Crippen molar-refractivity contribution in [3.63, 3.8) is 0 Å². The Labute approximate surface area is 131 Å². The number of carbonyl (C=O) groups is 1. The van der Waals surface area contributed by atoms with E-state index in [1.165, 1.54) is 25.3 Å². The molecule has 1 atom stereocenters. The van der Waals surface area contributed by atoms with Crippen LogP contribution in [0.5, 0.6) is 11.5 Å². The van der Waals surface area contributed by atoms with Crippen molar-refractivity contribution in [1.29, 1.82) is 0 Å². The molecule has 2 rings (SSSR count). The lowest BCUT2D eigenvalue weighted by molar-refractivity contribution is -0.385. The highest BCUT2D eigenvalue weighted by Crippen LogP contribution is 2.32. The predicted octanol–water partition coefficient (Wildman–Crippen LogP) is 2.72. The molecule has 0 saturated carbocycles. The van der Waals surface area contributed by atoms with Gasteiger partial charge in [-0.15, -0.1) is 0 Å². The van der Waals surface area contributed by atoms with Gasteiger partial charge in [0.25, 0.3) is 0 Å². The number of phenolic OH excluding ortho intramolecular Hbond substituents is 1. The molecule has 0 aliphatic carbocycles. The Morgan fingerprint density at radius 3 is 2.61 bits per heavy atom. The van der Waals surface area contributed by atoms with Gasteiger partial charge in [-0.3, -0.25) is 14.9 Å². The van der Waals surface area contributed by atoms with Crippen LogP contribution in [-0.4, -0.2) is 28.2 Å². The summed E-state index contributed by atoms with van der Waals surface area (Å²) in [6.07, 6.45) is 0.0385. The van der Waals surface area contributed by atoms with Crippen LogP contribution in [0.4, 0.5) is 5.69 Å². The molecule has 0 bridgehead atoms. The van der Waals surface area contributed by atoms with Gasteiger partial charge in [0, 0.05) is 11.6 Å². The zero-order valence-electron chi connectivity index (χ0n) is 12.3. The van der Waals surface area contributed by atoms with E-state index in [4.69, 9.17) is 4.74 Å². The molecule has 7 nitrogen and oxygen atoms in total. The molecule has 0 aliphatic rings. The van der Waals surface area contributed by atoms with Crippen molar-refractivity contribution in [1.82, 2.24) is 0 Å². The first-order valence-corrected chi connectivity index (χ1v) is 6.76. The second kappa shape index (κ2) is 6.78. The van der Waals surface area contributed by atoms with Crippen molar-refractivity contribution < 1.29 is 24.7 Å². The molecular formula is C16H15NO6. The molecule has 0 saturated heterocycles. The van der Waals surface area contributed by atoms with E-state index in [1.54, 1.807) is 24.3 Å². The molecular weight excluding hydrogens is 302 g/mol. The molecule has 2 N–H and O–H groups in total. The number of methoxy groups -OCH3 is 1. The van der Waals surface area contributed by atoms with Gasteiger partial charge in [0.2, 0.25) is 0 Å². The van der Waals surface area contributed by atoms with Gasteiger partial charge >= 0.3 is 11.7 Å². The van der Waals surface area contributed by atoms with Gasteiger partial charge in [-0.2, -0.15) is 0 Å². The molecule has 0 aromatic heterocycles. The van der Waals surface area contributed by atoms with Gasteiger partial charge in [0.15, 0.2) is 5.75 Å². The molecule has 0 heterocycles. The van der Waals surface area contributed by atoms with Gasteiger partial charge in [0.05, 0.1) is 18.0 Å². The van der Waals surface area contributed by atoms with Crippen LogP contribution in [0, 0.1) is 10.1 Å². The number of hydrogen-bond acceptors (Lipinski definition) is 5. The number of nitro groups is 1. The minimum atomic E-state index is -1.06. The van der Waals surface area contributed by atoms with Crippen LogP contribution >= 0.6 is 0 Å². The van der Waals surface area contributed by atoms with Crippen LogP contribution in [0.1, 0.15) is 17.0 Å². The molecule has 0 spiro atoms. The minimum absolute atomic E-state index is 0.0385. The summed E-state index contributed by atoms with van der Waals surface area (Å²) in [5, 5.41) is 29.8. The van der Waals surface area contributed by atoms with Crippen molar-refractivity contribution in [3.8, 4) is 11.5 Å². The van der Waals surface area contributed by atoms with Crippen molar-refractivity contribution in [2.75, 3.05) is 7.11 Å². The Bertz CT molecular complexity index is 743. The summed E-state index contributed by atoms with van der Waals surface area (Å²) in [4.78, 5) is 21.8. The number of ether oxygens (including phenoxy) is 1. The summed E-state index contributed by atoms with van der Waals surface area (Å²) >= 11 is 0. The van der Waals surface area contributed by atoms with E-state index < -0.39 is 28.2 Å². The zero-order valence-corrected chi connectivity index (χ0v) is 12.3. The fourth-order valence-electron chi connectivity index (χ4n) is 2.36. The first-order chi connectivity index (χ1) is 10.9. The van der Waals surface area contributed by atoms with Crippen LogP contribution in [-0.2, 0) is 11.2 Å². The highest BCUT2D eigenvalue weighted by Gasteiger charge is 2.25. The Morgan fingerprint density at radius 1 is 1.30 bits per heavy atom. The van der Waals surface area contributed by atoms with Crippen LogP contribution in [0.2, 0.25) is 0 Å². The van der Waals surface area contributed by atoms with Crippen molar-refractivity contribution in [3.05, 3.63) is 63.7 Å². The Hall–Kier alpha value is -3.09. The average Bonchev–Trinajstić information content (AvgIpc) is 2.53. The van der Waals surface area contributed by atoms with Gasteiger partial charge < -0.3 is 14.9 Å². The van der Waals surface area contributed by atoms with Crippen LogP contribution < -0.4 is 4.74 Å². The number of rotatable bonds is 6. The van der Waals surface area contributed by atoms with E-state index in [0.717, 1.165) is 0 Å². The van der Waals surface area contributed by atoms with E-state index in [-0.39, 0.29) is 6.42 Å². The number of carboxylic acids is 1. The summed E-state index contributed by atoms with van der Waals surface area (Å²) in [5.74, 6) is -2.00. The summed E-state index contributed by atoms with van der Waals surface area (Å²) in [7, 11) is 1.45. The molecule has 0 aliphatic heterocycles. The molecule has 2 aromatic rings. The second-order valence-electron chi connectivity index (χ2n) is 4.92. The van der Waals surface area contributed by atoms with E-state index in [9.17, 15) is 25.1 Å². The maximum atomic E-state index is 11.6. The normalized spacial score (nSPS) is 11.7. The van der Waals surface area contributed by atoms with Crippen molar-refractivity contribution in [2.24, 2.45) is 0 Å². The number of hydrogen-bond donors (Lipinski definition) is 2. The summed E-state index contributed by atoms with van der Waals surface area (Å²) < 4.78 is 5.18. The number of benzene rings is 2. The first kappa shape index (κ1) is 16.3. The first-order valence-electron chi connectivity index (χ1n) is 6.76. The van der Waals surface area contributed by atoms with Gasteiger partial charge in [-0.05, 0) is 24.1 Å². The lowest BCUT2D eigenvalue weighted by atomic mass is 9.91. The molecule has 1 unspecified atom stereocenters. The number of nitro benzene ring substituents is 1. The van der Waals surface area contributed by atoms with E-state index in [0.29, 0.717) is 16.9 Å².